The SMILES string of the molecule is COCOc1[c]cc(C(C)OC)cc1. The van der Waals surface area contributed by atoms with Gasteiger partial charge in [0.05, 0.1) is 6.10 Å². The molecule has 1 unspecified atom stereocenters. The Bertz CT molecular complexity index is 256. The minimum atomic E-state index is 0.0859. The Morgan fingerprint density at radius 2 is 2.14 bits per heavy atom. The van der Waals surface area contributed by atoms with Gasteiger partial charge in [-0.05, 0) is 24.6 Å². The summed E-state index contributed by atoms with van der Waals surface area (Å²) >= 11 is 0. The molecule has 1 aromatic rings. The molecule has 1 radical (unpaired) electrons. The van der Waals surface area contributed by atoms with E-state index in [-0.39, 0.29) is 12.9 Å². The van der Waals surface area contributed by atoms with Crippen LogP contribution in [0.1, 0.15) is 18.6 Å². The van der Waals surface area contributed by atoms with E-state index < -0.39 is 0 Å². The minimum absolute atomic E-state index is 0.0859. The first kappa shape index (κ1) is 11.0. The number of benzene rings is 1. The standard InChI is InChI=1S/C11H15O3/c1-9(13-3)10-4-6-11(7-5-10)14-8-12-2/h4-6,9H,8H2,1-3H3. The normalized spacial score (nSPS) is 12.5. The Morgan fingerprint density at radius 1 is 1.36 bits per heavy atom. The summed E-state index contributed by atoms with van der Waals surface area (Å²) < 4.78 is 15.2. The van der Waals surface area contributed by atoms with Gasteiger partial charge in [0.25, 0.3) is 0 Å². The smallest absolute Gasteiger partial charge is 0.188 e. The molecule has 0 aliphatic rings. The predicted molar refractivity (Wildman–Crippen MR) is 53.2 cm³/mol. The van der Waals surface area contributed by atoms with E-state index in [4.69, 9.17) is 14.2 Å². The zero-order valence-corrected chi connectivity index (χ0v) is 8.74. The van der Waals surface area contributed by atoms with Gasteiger partial charge in [-0.2, -0.15) is 0 Å². The van der Waals surface area contributed by atoms with E-state index in [0.717, 1.165) is 5.56 Å². The van der Waals surface area contributed by atoms with E-state index in [1.807, 2.05) is 25.1 Å². The molecule has 0 bridgehead atoms. The molecule has 0 aliphatic carbocycles. The van der Waals surface area contributed by atoms with Crippen molar-refractivity contribution in [1.82, 2.24) is 0 Å². The van der Waals surface area contributed by atoms with Crippen LogP contribution in [0, 0.1) is 6.07 Å². The second kappa shape index (κ2) is 5.62. The van der Waals surface area contributed by atoms with Crippen molar-refractivity contribution in [2.24, 2.45) is 0 Å². The highest BCUT2D eigenvalue weighted by Gasteiger charge is 2.03. The largest absolute Gasteiger partial charge is 0.467 e. The molecule has 0 saturated heterocycles. The second-order valence-corrected chi connectivity index (χ2v) is 2.92. The van der Waals surface area contributed by atoms with Gasteiger partial charge in [-0.15, -0.1) is 0 Å². The van der Waals surface area contributed by atoms with Crippen molar-refractivity contribution in [2.45, 2.75) is 13.0 Å². The van der Waals surface area contributed by atoms with Crippen LogP contribution >= 0.6 is 0 Å². The number of methoxy groups -OCH3 is 2. The van der Waals surface area contributed by atoms with Crippen LogP contribution in [0.2, 0.25) is 0 Å². The summed E-state index contributed by atoms with van der Waals surface area (Å²) in [4.78, 5) is 0. The van der Waals surface area contributed by atoms with E-state index in [2.05, 4.69) is 6.07 Å². The maximum absolute atomic E-state index is 5.20. The molecule has 77 valence electrons. The summed E-state index contributed by atoms with van der Waals surface area (Å²) in [7, 11) is 3.27. The van der Waals surface area contributed by atoms with E-state index in [1.54, 1.807) is 14.2 Å². The molecule has 0 saturated carbocycles. The fourth-order valence-corrected chi connectivity index (χ4v) is 1.02. The minimum Gasteiger partial charge on any atom is -0.467 e. The molecule has 1 rings (SSSR count). The maximum Gasteiger partial charge on any atom is 0.188 e. The Labute approximate surface area is 84.6 Å². The topological polar surface area (TPSA) is 27.7 Å². The summed E-state index contributed by atoms with van der Waals surface area (Å²) in [6, 6.07) is 8.67. The van der Waals surface area contributed by atoms with Gasteiger partial charge in [-0.1, -0.05) is 6.07 Å². The third-order valence-electron chi connectivity index (χ3n) is 1.96. The third kappa shape index (κ3) is 3.01. The number of hydrogen-bond donors (Lipinski definition) is 0. The van der Waals surface area contributed by atoms with Crippen LogP contribution in [-0.2, 0) is 9.47 Å². The summed E-state index contributed by atoms with van der Waals surface area (Å²) in [5.41, 5.74) is 1.08. The molecule has 0 N–H and O–H groups in total. The molecule has 0 heterocycles. The lowest BCUT2D eigenvalue weighted by Gasteiger charge is -2.10. The fourth-order valence-electron chi connectivity index (χ4n) is 1.02. The van der Waals surface area contributed by atoms with Crippen molar-refractivity contribution < 1.29 is 14.2 Å². The lowest BCUT2D eigenvalue weighted by molar-refractivity contribution is 0.0508. The summed E-state index contributed by atoms with van der Waals surface area (Å²) in [5, 5.41) is 0. The lowest BCUT2D eigenvalue weighted by atomic mass is 10.1. The summed E-state index contributed by atoms with van der Waals surface area (Å²) in [6.45, 7) is 2.23. The van der Waals surface area contributed by atoms with Crippen molar-refractivity contribution in [3.63, 3.8) is 0 Å². The zero-order valence-electron chi connectivity index (χ0n) is 8.74. The molecule has 0 amide bonds. The van der Waals surface area contributed by atoms with Crippen LogP contribution in [0.25, 0.3) is 0 Å². The van der Waals surface area contributed by atoms with Crippen LogP contribution in [0.3, 0.4) is 0 Å². The molecular formula is C11H15O3. The van der Waals surface area contributed by atoms with Crippen LogP contribution in [-0.4, -0.2) is 21.0 Å². The molecule has 0 aliphatic heterocycles. The summed E-state index contributed by atoms with van der Waals surface area (Å²) in [5.74, 6) is 0.680. The molecule has 0 aromatic heterocycles. The third-order valence-corrected chi connectivity index (χ3v) is 1.96. The van der Waals surface area contributed by atoms with Gasteiger partial charge in [-0.25, -0.2) is 0 Å². The van der Waals surface area contributed by atoms with Crippen LogP contribution < -0.4 is 4.74 Å². The first-order valence-electron chi connectivity index (χ1n) is 4.44. The van der Waals surface area contributed by atoms with E-state index in [0.29, 0.717) is 5.75 Å². The van der Waals surface area contributed by atoms with Crippen LogP contribution in [0.4, 0.5) is 0 Å². The predicted octanol–water partition coefficient (Wildman–Crippen LogP) is 2.18. The van der Waals surface area contributed by atoms with E-state index in [9.17, 15) is 0 Å². The number of hydrogen-bond acceptors (Lipinski definition) is 3. The molecule has 0 spiro atoms. The molecular weight excluding hydrogens is 180 g/mol. The van der Waals surface area contributed by atoms with Gasteiger partial charge in [-0.3, -0.25) is 0 Å². The van der Waals surface area contributed by atoms with E-state index in [1.165, 1.54) is 0 Å². The lowest BCUT2D eigenvalue weighted by Crippen LogP contribution is -2.00. The fraction of sp³-hybridized carbons (Fsp3) is 0.455. The van der Waals surface area contributed by atoms with Crippen LogP contribution in [0.5, 0.6) is 5.75 Å². The van der Waals surface area contributed by atoms with Crippen molar-refractivity contribution in [3.8, 4) is 5.75 Å². The highest BCUT2D eigenvalue weighted by molar-refractivity contribution is 5.26. The molecule has 14 heavy (non-hydrogen) atoms. The van der Waals surface area contributed by atoms with Crippen LogP contribution in [0.15, 0.2) is 18.2 Å². The highest BCUT2D eigenvalue weighted by atomic mass is 16.7. The van der Waals surface area contributed by atoms with Gasteiger partial charge in [0.15, 0.2) is 6.79 Å². The Hall–Kier alpha value is -1.06. The average molecular weight is 195 g/mol. The first-order chi connectivity index (χ1) is 6.77. The molecule has 1 atom stereocenters. The van der Waals surface area contributed by atoms with Crippen molar-refractivity contribution in [2.75, 3.05) is 21.0 Å². The quantitative estimate of drug-likeness (QED) is 0.674. The summed E-state index contributed by atoms with van der Waals surface area (Å²) in [6.07, 6.45) is 0.0859. The first-order valence-corrected chi connectivity index (χ1v) is 4.44. The van der Waals surface area contributed by atoms with E-state index >= 15 is 0 Å². The highest BCUT2D eigenvalue weighted by Crippen LogP contribution is 2.18. The molecule has 3 heteroatoms. The van der Waals surface area contributed by atoms with Crippen molar-refractivity contribution in [1.29, 1.82) is 0 Å². The Balaban J connectivity index is 2.59. The average Bonchev–Trinajstić information content (AvgIpc) is 2.26. The maximum atomic E-state index is 5.20. The van der Waals surface area contributed by atoms with Crippen molar-refractivity contribution >= 4 is 0 Å². The number of ether oxygens (including phenoxy) is 3. The van der Waals surface area contributed by atoms with Gasteiger partial charge < -0.3 is 14.2 Å². The van der Waals surface area contributed by atoms with Gasteiger partial charge in [0.2, 0.25) is 0 Å². The Kier molecular flexibility index (Phi) is 4.43. The van der Waals surface area contributed by atoms with Gasteiger partial charge in [0, 0.05) is 20.3 Å². The monoisotopic (exact) mass is 195 g/mol. The zero-order chi connectivity index (χ0) is 10.4. The molecule has 1 aromatic carbocycles. The molecule has 0 fully saturated rings. The number of rotatable bonds is 5. The van der Waals surface area contributed by atoms with Gasteiger partial charge >= 0.3 is 0 Å². The molecule has 3 nitrogen and oxygen atoms in total. The second-order valence-electron chi connectivity index (χ2n) is 2.92. The van der Waals surface area contributed by atoms with Crippen molar-refractivity contribution in [3.05, 3.63) is 29.8 Å². The Morgan fingerprint density at radius 3 is 2.64 bits per heavy atom. The van der Waals surface area contributed by atoms with Gasteiger partial charge in [0.1, 0.15) is 5.75 Å².